The number of nitrogens with one attached hydrogen (secondary N) is 1. The quantitative estimate of drug-likeness (QED) is 0.449. The molecule has 2 amide bonds. The third-order valence-corrected chi connectivity index (χ3v) is 5.69. The van der Waals surface area contributed by atoms with E-state index in [0.29, 0.717) is 35.5 Å². The Morgan fingerprint density at radius 1 is 1.08 bits per heavy atom. The molecule has 9 heteroatoms. The van der Waals surface area contributed by atoms with Crippen LogP contribution in [-0.2, 0) is 24.8 Å². The molecule has 0 bridgehead atoms. The Bertz CT molecular complexity index is 1240. The molecule has 190 valence electrons. The average Bonchev–Trinajstić information content (AvgIpc) is 2.85. The van der Waals surface area contributed by atoms with Crippen LogP contribution in [0.4, 0.5) is 4.79 Å². The summed E-state index contributed by atoms with van der Waals surface area (Å²) < 4.78 is 6.51. The molecule has 1 atom stereocenters. The Morgan fingerprint density at radius 2 is 1.75 bits per heavy atom. The first kappa shape index (κ1) is 26.5. The summed E-state index contributed by atoms with van der Waals surface area (Å²) in [6.45, 7) is 4.89. The van der Waals surface area contributed by atoms with Crippen LogP contribution in [-0.4, -0.2) is 51.5 Å². The number of methoxy groups -OCH3 is 1. The number of hydrogen-bond acceptors (Lipinski definition) is 5. The van der Waals surface area contributed by atoms with E-state index in [1.807, 2.05) is 44.2 Å². The van der Waals surface area contributed by atoms with Crippen molar-refractivity contribution in [1.29, 1.82) is 0 Å². The number of urea groups is 1. The minimum atomic E-state index is -1.12. The Hall–Kier alpha value is -4.14. The molecule has 0 saturated heterocycles. The number of amides is 2. The molecule has 9 nitrogen and oxygen atoms in total. The molecule has 36 heavy (non-hydrogen) atoms. The number of carbonyl (C=O) groups is 2. The molecule has 3 rings (SSSR count). The van der Waals surface area contributed by atoms with Crippen LogP contribution >= 0.6 is 0 Å². The van der Waals surface area contributed by atoms with E-state index < -0.39 is 18.0 Å². The third kappa shape index (κ3) is 6.71. The molecule has 0 aliphatic carbocycles. The van der Waals surface area contributed by atoms with Crippen molar-refractivity contribution in [2.45, 2.75) is 32.9 Å². The molecule has 1 heterocycles. The maximum absolute atomic E-state index is 13.1. The van der Waals surface area contributed by atoms with Gasteiger partial charge in [0.25, 0.3) is 5.56 Å². The Kier molecular flexibility index (Phi) is 8.83. The molecule has 2 aromatic carbocycles. The average molecular weight is 493 g/mol. The van der Waals surface area contributed by atoms with Crippen LogP contribution in [0.5, 0.6) is 5.75 Å². The van der Waals surface area contributed by atoms with Gasteiger partial charge in [0, 0.05) is 26.6 Å². The van der Waals surface area contributed by atoms with E-state index >= 15 is 0 Å². The maximum Gasteiger partial charge on any atom is 0.326 e. The Balaban J connectivity index is 1.76. The lowest BCUT2D eigenvalue weighted by Gasteiger charge is -2.27. The second-order valence-electron chi connectivity index (χ2n) is 9.02. The van der Waals surface area contributed by atoms with E-state index in [2.05, 4.69) is 10.4 Å². The second kappa shape index (κ2) is 12.0. The van der Waals surface area contributed by atoms with E-state index in [1.165, 1.54) is 18.0 Å². The minimum Gasteiger partial charge on any atom is -0.494 e. The summed E-state index contributed by atoms with van der Waals surface area (Å²) >= 11 is 0. The molecule has 3 aromatic rings. The first-order chi connectivity index (χ1) is 17.2. The highest BCUT2D eigenvalue weighted by Crippen LogP contribution is 2.25. The van der Waals surface area contributed by atoms with Crippen molar-refractivity contribution in [1.82, 2.24) is 20.0 Å². The lowest BCUT2D eigenvalue weighted by molar-refractivity contribution is -0.139. The molecule has 0 unspecified atom stereocenters. The maximum atomic E-state index is 13.1. The van der Waals surface area contributed by atoms with Gasteiger partial charge in [-0.3, -0.25) is 4.79 Å². The number of hydrogen-bond donors (Lipinski definition) is 2. The molecule has 0 aliphatic heterocycles. The van der Waals surface area contributed by atoms with Gasteiger partial charge in [-0.15, -0.1) is 0 Å². The lowest BCUT2D eigenvalue weighted by Crippen LogP contribution is -2.49. The second-order valence-corrected chi connectivity index (χ2v) is 9.02. The number of benzene rings is 2. The molecule has 0 spiro atoms. The number of carboxylic acid groups (broad SMARTS) is 1. The van der Waals surface area contributed by atoms with Crippen LogP contribution in [0.2, 0.25) is 0 Å². The highest BCUT2D eigenvalue weighted by atomic mass is 16.5. The van der Waals surface area contributed by atoms with Crippen LogP contribution in [0.1, 0.15) is 25.0 Å². The summed E-state index contributed by atoms with van der Waals surface area (Å²) in [5.74, 6) is -0.556. The van der Waals surface area contributed by atoms with E-state index in [-0.39, 0.29) is 17.9 Å². The molecular formula is C27H32N4O5. The Morgan fingerprint density at radius 3 is 2.33 bits per heavy atom. The fourth-order valence-electron chi connectivity index (χ4n) is 3.89. The lowest BCUT2D eigenvalue weighted by atomic mass is 10.0. The van der Waals surface area contributed by atoms with Gasteiger partial charge in [-0.1, -0.05) is 68.4 Å². The van der Waals surface area contributed by atoms with Crippen molar-refractivity contribution in [2.24, 2.45) is 13.0 Å². The number of carbonyl (C=O) groups excluding carboxylic acids is 1. The summed E-state index contributed by atoms with van der Waals surface area (Å²) in [5, 5.41) is 16.4. The van der Waals surface area contributed by atoms with Gasteiger partial charge in [0.05, 0.1) is 18.9 Å². The van der Waals surface area contributed by atoms with Crippen LogP contribution in [0.3, 0.4) is 0 Å². The van der Waals surface area contributed by atoms with Gasteiger partial charge in [-0.2, -0.15) is 5.10 Å². The van der Waals surface area contributed by atoms with Crippen LogP contribution in [0.25, 0.3) is 11.1 Å². The zero-order valence-electron chi connectivity index (χ0n) is 21.0. The number of ether oxygens (including phenoxy) is 1. The predicted molar refractivity (Wildman–Crippen MR) is 137 cm³/mol. The largest absolute Gasteiger partial charge is 0.494 e. The first-order valence-corrected chi connectivity index (χ1v) is 11.7. The van der Waals surface area contributed by atoms with Crippen molar-refractivity contribution < 1.29 is 19.4 Å². The van der Waals surface area contributed by atoms with Crippen molar-refractivity contribution in [3.8, 4) is 16.9 Å². The van der Waals surface area contributed by atoms with Gasteiger partial charge >= 0.3 is 12.0 Å². The van der Waals surface area contributed by atoms with E-state index in [0.717, 1.165) is 5.56 Å². The minimum absolute atomic E-state index is 0.0910. The van der Waals surface area contributed by atoms with Crippen molar-refractivity contribution >= 4 is 12.0 Å². The summed E-state index contributed by atoms with van der Waals surface area (Å²) in [4.78, 5) is 39.3. The number of aryl methyl sites for hydroxylation is 1. The van der Waals surface area contributed by atoms with Crippen LogP contribution in [0.15, 0.2) is 65.6 Å². The zero-order valence-corrected chi connectivity index (χ0v) is 21.0. The standard InChI is InChI=1S/C27H32N4O5/c1-18(2)16-31(17-20-8-6-5-7-9-20)27(35)29-22(26(33)34)14-19-10-12-21(13-11-19)24-23(36-4)15-28-30(3)25(24)32/h5-13,15,18,22H,14,16-17H2,1-4H3,(H,29,35)(H,33,34)/t22-/m0/s1. The number of nitrogens with zero attached hydrogens (tertiary/aromatic N) is 3. The number of aromatic nitrogens is 2. The predicted octanol–water partition coefficient (Wildman–Crippen LogP) is 3.32. The van der Waals surface area contributed by atoms with Crippen LogP contribution in [0, 0.1) is 5.92 Å². The monoisotopic (exact) mass is 492 g/mol. The van der Waals surface area contributed by atoms with Crippen molar-refractivity contribution in [3.05, 3.63) is 82.3 Å². The Labute approximate surface area is 210 Å². The first-order valence-electron chi connectivity index (χ1n) is 11.7. The highest BCUT2D eigenvalue weighted by Gasteiger charge is 2.24. The van der Waals surface area contributed by atoms with E-state index in [1.54, 1.807) is 36.2 Å². The van der Waals surface area contributed by atoms with Gasteiger partial charge in [-0.05, 0) is 22.6 Å². The van der Waals surface area contributed by atoms with Gasteiger partial charge in [-0.25, -0.2) is 14.3 Å². The van der Waals surface area contributed by atoms with Crippen molar-refractivity contribution in [3.63, 3.8) is 0 Å². The van der Waals surface area contributed by atoms with Crippen molar-refractivity contribution in [2.75, 3.05) is 13.7 Å². The SMILES string of the molecule is COc1cnn(C)c(=O)c1-c1ccc(C[C@H](NC(=O)N(Cc2ccccc2)CC(C)C)C(=O)O)cc1. The number of aliphatic carboxylic acids is 1. The zero-order chi connectivity index (χ0) is 26.2. The summed E-state index contributed by atoms with van der Waals surface area (Å²) in [6.07, 6.45) is 1.56. The van der Waals surface area contributed by atoms with E-state index in [9.17, 15) is 19.5 Å². The van der Waals surface area contributed by atoms with Gasteiger partial charge < -0.3 is 20.1 Å². The van der Waals surface area contributed by atoms with Crippen LogP contribution < -0.4 is 15.6 Å². The smallest absolute Gasteiger partial charge is 0.326 e. The summed E-state index contributed by atoms with van der Waals surface area (Å²) in [7, 11) is 3.02. The fourth-order valence-corrected chi connectivity index (χ4v) is 3.89. The molecule has 0 aliphatic rings. The molecular weight excluding hydrogens is 460 g/mol. The molecule has 0 radical (unpaired) electrons. The number of carboxylic acids is 1. The summed E-state index contributed by atoms with van der Waals surface area (Å²) in [5.41, 5.74) is 2.36. The molecule has 0 saturated carbocycles. The number of rotatable bonds is 10. The highest BCUT2D eigenvalue weighted by molar-refractivity contribution is 5.83. The molecule has 0 fully saturated rings. The fraction of sp³-hybridized carbons (Fsp3) is 0.333. The molecule has 1 aromatic heterocycles. The van der Waals surface area contributed by atoms with Gasteiger partial charge in [0.2, 0.25) is 0 Å². The van der Waals surface area contributed by atoms with Gasteiger partial charge in [0.1, 0.15) is 6.04 Å². The topological polar surface area (TPSA) is 114 Å². The third-order valence-electron chi connectivity index (χ3n) is 5.69. The summed E-state index contributed by atoms with van der Waals surface area (Å²) in [6, 6.07) is 15.0. The van der Waals surface area contributed by atoms with Gasteiger partial charge in [0.15, 0.2) is 5.75 Å². The normalized spacial score (nSPS) is 11.7. The molecule has 2 N–H and O–H groups in total. The van der Waals surface area contributed by atoms with E-state index in [4.69, 9.17) is 4.74 Å².